The van der Waals surface area contributed by atoms with Crippen molar-refractivity contribution in [3.63, 3.8) is 0 Å². The first-order chi connectivity index (χ1) is 16.9. The number of hydrogen-bond acceptors (Lipinski definition) is 4. The highest BCUT2D eigenvalue weighted by Crippen LogP contribution is 2.49. The third-order valence-electron chi connectivity index (χ3n) is 6.90. The second kappa shape index (κ2) is 8.08. The van der Waals surface area contributed by atoms with Crippen LogP contribution in [-0.4, -0.2) is 34.9 Å². The molecule has 2 atom stereocenters. The molecule has 35 heavy (non-hydrogen) atoms. The zero-order valence-corrected chi connectivity index (χ0v) is 18.8. The Morgan fingerprint density at radius 1 is 1.00 bits per heavy atom. The van der Waals surface area contributed by atoms with Gasteiger partial charge in [0.2, 0.25) is 0 Å². The van der Waals surface area contributed by atoms with Crippen molar-refractivity contribution < 1.29 is 13.2 Å². The number of aliphatic imine (C=N–C) groups is 1. The summed E-state index contributed by atoms with van der Waals surface area (Å²) >= 11 is 0. The Labute approximate surface area is 199 Å². The molecule has 1 aliphatic heterocycles. The molecular formula is C27H21F3N4O. The zero-order valence-electron chi connectivity index (χ0n) is 18.8. The van der Waals surface area contributed by atoms with Crippen LogP contribution < -0.4 is 10.3 Å². The maximum Gasteiger partial charge on any atom is 0.194 e. The molecular weight excluding hydrogens is 453 g/mol. The van der Waals surface area contributed by atoms with E-state index in [0.29, 0.717) is 30.5 Å². The Balaban J connectivity index is 1.33. The average molecular weight is 474 g/mol. The molecule has 2 aromatic carbocycles. The highest BCUT2D eigenvalue weighted by Gasteiger charge is 2.56. The van der Waals surface area contributed by atoms with Crippen LogP contribution in [0.3, 0.4) is 0 Å². The van der Waals surface area contributed by atoms with Crippen LogP contribution in [-0.2, 0) is 0 Å². The standard InChI is InChI=1S/C27H21F3N4O/c1-15-12-34(23-8-7-17(28)9-21(23)29)26-18(25(15)35)10-22(30)27(32-26)33-13-19-20(14-33)24(19)31-11-16-5-3-2-4-6-16/h2-12,19-20,24H,13-14H2,1H3. The molecule has 6 rings (SSSR count). The normalized spacial score (nSPS) is 21.1. The van der Waals surface area contributed by atoms with Gasteiger partial charge in [0.25, 0.3) is 0 Å². The second-order valence-electron chi connectivity index (χ2n) is 9.18. The summed E-state index contributed by atoms with van der Waals surface area (Å²) < 4.78 is 44.6. The number of aryl methyl sites for hydroxylation is 1. The van der Waals surface area contributed by atoms with Crippen LogP contribution in [0.5, 0.6) is 0 Å². The minimum atomic E-state index is -0.802. The predicted octanol–water partition coefficient (Wildman–Crippen LogP) is 4.67. The first-order valence-corrected chi connectivity index (χ1v) is 11.4. The van der Waals surface area contributed by atoms with Crippen molar-refractivity contribution >= 4 is 23.1 Å². The minimum absolute atomic E-state index is 0.0316. The highest BCUT2D eigenvalue weighted by atomic mass is 19.1. The van der Waals surface area contributed by atoms with Gasteiger partial charge >= 0.3 is 0 Å². The fraction of sp³-hybridized carbons (Fsp3) is 0.222. The minimum Gasteiger partial charge on any atom is -0.353 e. The Morgan fingerprint density at radius 2 is 1.74 bits per heavy atom. The number of rotatable bonds is 4. The van der Waals surface area contributed by atoms with Gasteiger partial charge < -0.3 is 4.90 Å². The second-order valence-corrected chi connectivity index (χ2v) is 9.18. The SMILES string of the molecule is Cc1cn(-c2ccc(F)cc2F)c2nc(N3CC4C(C3)C4N=Cc3ccccc3)c(F)cc2c1=O. The zero-order chi connectivity index (χ0) is 24.3. The number of nitrogens with zero attached hydrogens (tertiary/aromatic N) is 4. The number of halogens is 3. The Bertz CT molecular complexity index is 1540. The molecule has 0 spiro atoms. The Morgan fingerprint density at radius 3 is 2.46 bits per heavy atom. The molecule has 0 N–H and O–H groups in total. The maximum absolute atomic E-state index is 15.2. The number of anilines is 1. The van der Waals surface area contributed by atoms with Crippen LogP contribution in [0, 0.1) is 36.2 Å². The van der Waals surface area contributed by atoms with Crippen LogP contribution in [0.1, 0.15) is 11.1 Å². The summed E-state index contributed by atoms with van der Waals surface area (Å²) in [5, 5.41) is 0.0460. The van der Waals surface area contributed by atoms with Crippen LogP contribution in [0.15, 0.2) is 70.6 Å². The van der Waals surface area contributed by atoms with Crippen molar-refractivity contribution in [3.8, 4) is 5.69 Å². The summed E-state index contributed by atoms with van der Waals surface area (Å²) in [6.45, 7) is 2.76. The third-order valence-corrected chi connectivity index (χ3v) is 6.90. The van der Waals surface area contributed by atoms with Crippen LogP contribution >= 0.6 is 0 Å². The molecule has 0 radical (unpaired) electrons. The van der Waals surface area contributed by atoms with Crippen molar-refractivity contribution in [2.45, 2.75) is 13.0 Å². The smallest absolute Gasteiger partial charge is 0.194 e. The lowest BCUT2D eigenvalue weighted by atomic mass is 10.2. The van der Waals surface area contributed by atoms with E-state index in [1.807, 2.05) is 41.4 Å². The van der Waals surface area contributed by atoms with Gasteiger partial charge in [0.15, 0.2) is 22.7 Å². The van der Waals surface area contributed by atoms with E-state index < -0.39 is 17.5 Å². The van der Waals surface area contributed by atoms with Gasteiger partial charge in [-0.25, -0.2) is 18.2 Å². The van der Waals surface area contributed by atoms with Gasteiger partial charge in [-0.2, -0.15) is 0 Å². The first-order valence-electron chi connectivity index (χ1n) is 11.4. The van der Waals surface area contributed by atoms with E-state index in [0.717, 1.165) is 17.7 Å². The van der Waals surface area contributed by atoms with Gasteiger partial charge in [0.1, 0.15) is 11.6 Å². The quantitative estimate of drug-likeness (QED) is 0.404. The number of pyridine rings is 2. The van der Waals surface area contributed by atoms with E-state index in [2.05, 4.69) is 4.98 Å². The number of aromatic nitrogens is 2. The molecule has 176 valence electrons. The number of hydrogen-bond donors (Lipinski definition) is 0. The molecule has 1 saturated heterocycles. The fourth-order valence-corrected chi connectivity index (χ4v) is 5.03. The lowest BCUT2D eigenvalue weighted by Crippen LogP contribution is -2.27. The van der Waals surface area contributed by atoms with Crippen molar-refractivity contribution in [1.29, 1.82) is 0 Å². The molecule has 5 nitrogen and oxygen atoms in total. The summed E-state index contributed by atoms with van der Waals surface area (Å²) in [5.41, 5.74) is 1.12. The van der Waals surface area contributed by atoms with Gasteiger partial charge in [-0.05, 0) is 30.7 Å². The first kappa shape index (κ1) is 21.6. The van der Waals surface area contributed by atoms with Gasteiger partial charge in [0.05, 0.1) is 17.1 Å². The van der Waals surface area contributed by atoms with Crippen LogP contribution in [0.2, 0.25) is 0 Å². The summed E-state index contributed by atoms with van der Waals surface area (Å²) in [6, 6.07) is 14.4. The Kier molecular flexibility index (Phi) is 4.98. The lowest BCUT2D eigenvalue weighted by Gasteiger charge is -2.22. The molecule has 2 unspecified atom stereocenters. The number of benzene rings is 2. The molecule has 1 saturated carbocycles. The maximum atomic E-state index is 15.2. The molecule has 0 bridgehead atoms. The molecule has 2 aliphatic rings. The predicted molar refractivity (Wildman–Crippen MR) is 129 cm³/mol. The summed E-state index contributed by atoms with van der Waals surface area (Å²) in [7, 11) is 0. The van der Waals surface area contributed by atoms with Gasteiger partial charge in [-0.15, -0.1) is 0 Å². The van der Waals surface area contributed by atoms with Gasteiger partial charge in [-0.3, -0.25) is 14.4 Å². The monoisotopic (exact) mass is 474 g/mol. The topological polar surface area (TPSA) is 50.5 Å². The number of fused-ring (bicyclic) bond motifs is 2. The molecule has 2 aromatic heterocycles. The van der Waals surface area contributed by atoms with E-state index in [9.17, 15) is 13.6 Å². The molecule has 2 fully saturated rings. The average Bonchev–Trinajstić information content (AvgIpc) is 3.29. The molecule has 1 aliphatic carbocycles. The lowest BCUT2D eigenvalue weighted by molar-refractivity contribution is 0.578. The Hall–Kier alpha value is -3.94. The van der Waals surface area contributed by atoms with Gasteiger partial charge in [0, 0.05) is 49.0 Å². The fourth-order valence-electron chi connectivity index (χ4n) is 5.03. The van der Waals surface area contributed by atoms with Crippen LogP contribution in [0.25, 0.3) is 16.7 Å². The van der Waals surface area contributed by atoms with Crippen molar-refractivity contribution in [1.82, 2.24) is 9.55 Å². The van der Waals surface area contributed by atoms with Crippen molar-refractivity contribution in [2.24, 2.45) is 16.8 Å². The largest absolute Gasteiger partial charge is 0.353 e. The third kappa shape index (κ3) is 3.69. The highest BCUT2D eigenvalue weighted by molar-refractivity contribution is 5.81. The van der Waals surface area contributed by atoms with E-state index in [-0.39, 0.29) is 34.0 Å². The summed E-state index contributed by atoms with van der Waals surface area (Å²) in [6.07, 6.45) is 3.33. The molecule has 0 amide bonds. The van der Waals surface area contributed by atoms with E-state index in [1.165, 1.54) is 22.9 Å². The summed E-state index contributed by atoms with van der Waals surface area (Å²) in [5.74, 6) is -1.38. The number of piperidine rings is 1. The van der Waals surface area contributed by atoms with E-state index >= 15 is 4.39 Å². The van der Waals surface area contributed by atoms with Crippen molar-refractivity contribution in [3.05, 3.63) is 99.6 Å². The van der Waals surface area contributed by atoms with Crippen molar-refractivity contribution in [2.75, 3.05) is 18.0 Å². The molecule has 8 heteroatoms. The van der Waals surface area contributed by atoms with Crippen LogP contribution in [0.4, 0.5) is 19.0 Å². The van der Waals surface area contributed by atoms with E-state index in [1.54, 1.807) is 6.92 Å². The molecule has 4 aromatic rings. The van der Waals surface area contributed by atoms with E-state index in [4.69, 9.17) is 4.99 Å². The summed E-state index contributed by atoms with van der Waals surface area (Å²) in [4.78, 5) is 23.8. The molecule has 3 heterocycles. The van der Waals surface area contributed by atoms with Gasteiger partial charge in [-0.1, -0.05) is 30.3 Å².